The summed E-state index contributed by atoms with van der Waals surface area (Å²) in [5.41, 5.74) is 2.49. The van der Waals surface area contributed by atoms with Crippen molar-refractivity contribution in [2.45, 2.75) is 39.8 Å². The van der Waals surface area contributed by atoms with Crippen LogP contribution in [-0.2, 0) is 6.54 Å². The molecule has 4 heteroatoms. The molecule has 98 valence electrons. The summed E-state index contributed by atoms with van der Waals surface area (Å²) in [7, 11) is 0. The van der Waals surface area contributed by atoms with E-state index in [1.165, 1.54) is 12.0 Å². The number of rotatable bonds is 6. The first-order valence-electron chi connectivity index (χ1n) is 6.49. The maximum absolute atomic E-state index is 4.49. The van der Waals surface area contributed by atoms with Crippen molar-refractivity contribution in [3.8, 4) is 0 Å². The summed E-state index contributed by atoms with van der Waals surface area (Å²) < 4.78 is 2.20. The standard InChI is InChI=1S/C14H21N3S/c1-4-6-15-11(2)13-5-7-17(8-13)9-14-10-18-12(3)16-14/h5,7-8,10-11,15H,4,6,9H2,1-3H3. The monoisotopic (exact) mass is 263 g/mol. The highest BCUT2D eigenvalue weighted by Gasteiger charge is 2.06. The van der Waals surface area contributed by atoms with Gasteiger partial charge in [0.05, 0.1) is 17.2 Å². The normalized spacial score (nSPS) is 12.8. The van der Waals surface area contributed by atoms with Gasteiger partial charge in [-0.05, 0) is 38.4 Å². The molecule has 0 fully saturated rings. The lowest BCUT2D eigenvalue weighted by atomic mass is 10.2. The van der Waals surface area contributed by atoms with Gasteiger partial charge in [0, 0.05) is 23.8 Å². The molecule has 1 unspecified atom stereocenters. The first kappa shape index (κ1) is 13.3. The number of nitrogens with one attached hydrogen (secondary N) is 1. The Kier molecular flexibility index (Phi) is 4.55. The van der Waals surface area contributed by atoms with Crippen molar-refractivity contribution < 1.29 is 0 Å². The Bertz CT molecular complexity index is 487. The summed E-state index contributed by atoms with van der Waals surface area (Å²) in [6, 6.07) is 2.61. The number of thiazole rings is 1. The number of hydrogen-bond donors (Lipinski definition) is 1. The lowest BCUT2D eigenvalue weighted by molar-refractivity contribution is 0.569. The molecule has 0 saturated heterocycles. The summed E-state index contributed by atoms with van der Waals surface area (Å²) >= 11 is 1.71. The molecular weight excluding hydrogens is 242 g/mol. The predicted octanol–water partition coefficient (Wildman–Crippen LogP) is 3.36. The molecule has 2 aromatic heterocycles. The van der Waals surface area contributed by atoms with Gasteiger partial charge in [-0.15, -0.1) is 11.3 Å². The fraction of sp³-hybridized carbons (Fsp3) is 0.500. The van der Waals surface area contributed by atoms with Crippen LogP contribution in [0.2, 0.25) is 0 Å². The lowest BCUT2D eigenvalue weighted by Crippen LogP contribution is -2.18. The molecule has 0 aliphatic rings. The molecule has 2 heterocycles. The highest BCUT2D eigenvalue weighted by atomic mass is 32.1. The van der Waals surface area contributed by atoms with Gasteiger partial charge < -0.3 is 9.88 Å². The molecule has 0 aromatic carbocycles. The summed E-state index contributed by atoms with van der Waals surface area (Å²) in [6.07, 6.45) is 5.51. The topological polar surface area (TPSA) is 29.9 Å². The Morgan fingerprint density at radius 1 is 1.50 bits per heavy atom. The molecule has 1 N–H and O–H groups in total. The van der Waals surface area contributed by atoms with Crippen molar-refractivity contribution in [1.29, 1.82) is 0 Å². The quantitative estimate of drug-likeness (QED) is 0.866. The zero-order valence-corrected chi connectivity index (χ0v) is 12.1. The van der Waals surface area contributed by atoms with E-state index < -0.39 is 0 Å². The molecule has 18 heavy (non-hydrogen) atoms. The van der Waals surface area contributed by atoms with Gasteiger partial charge in [0.25, 0.3) is 0 Å². The maximum atomic E-state index is 4.49. The molecular formula is C14H21N3S. The molecule has 0 saturated carbocycles. The average Bonchev–Trinajstić information content (AvgIpc) is 2.96. The van der Waals surface area contributed by atoms with Crippen LogP contribution in [0.3, 0.4) is 0 Å². The van der Waals surface area contributed by atoms with E-state index in [0.29, 0.717) is 6.04 Å². The highest BCUT2D eigenvalue weighted by molar-refractivity contribution is 7.09. The van der Waals surface area contributed by atoms with E-state index in [4.69, 9.17) is 0 Å². The molecule has 0 aliphatic heterocycles. The molecule has 2 aromatic rings. The van der Waals surface area contributed by atoms with E-state index in [1.807, 2.05) is 6.92 Å². The molecule has 3 nitrogen and oxygen atoms in total. The molecule has 0 radical (unpaired) electrons. The van der Waals surface area contributed by atoms with Crippen LogP contribution in [0.1, 0.15) is 42.6 Å². The van der Waals surface area contributed by atoms with E-state index in [9.17, 15) is 0 Å². The van der Waals surface area contributed by atoms with Crippen LogP contribution < -0.4 is 5.32 Å². The number of aryl methyl sites for hydroxylation is 1. The Morgan fingerprint density at radius 2 is 2.33 bits per heavy atom. The third-order valence-electron chi connectivity index (χ3n) is 2.99. The third-order valence-corrected chi connectivity index (χ3v) is 3.81. The first-order valence-corrected chi connectivity index (χ1v) is 7.37. The van der Waals surface area contributed by atoms with Crippen molar-refractivity contribution in [2.24, 2.45) is 0 Å². The summed E-state index contributed by atoms with van der Waals surface area (Å²) in [5.74, 6) is 0. The highest BCUT2D eigenvalue weighted by Crippen LogP contribution is 2.15. The molecule has 0 spiro atoms. The van der Waals surface area contributed by atoms with Gasteiger partial charge >= 0.3 is 0 Å². The van der Waals surface area contributed by atoms with Crippen molar-refractivity contribution >= 4 is 11.3 Å². The first-order chi connectivity index (χ1) is 8.69. The van der Waals surface area contributed by atoms with Gasteiger partial charge in [-0.2, -0.15) is 0 Å². The van der Waals surface area contributed by atoms with Crippen LogP contribution in [0, 0.1) is 6.92 Å². The second kappa shape index (κ2) is 6.16. The van der Waals surface area contributed by atoms with Crippen LogP contribution in [0.25, 0.3) is 0 Å². The molecule has 1 atom stereocenters. The largest absolute Gasteiger partial charge is 0.348 e. The second-order valence-electron chi connectivity index (χ2n) is 4.65. The molecule has 2 rings (SSSR count). The number of nitrogens with zero attached hydrogens (tertiary/aromatic N) is 2. The minimum atomic E-state index is 0.420. The Balaban J connectivity index is 1.97. The van der Waals surface area contributed by atoms with Crippen LogP contribution in [-0.4, -0.2) is 16.1 Å². The second-order valence-corrected chi connectivity index (χ2v) is 5.71. The number of aromatic nitrogens is 2. The van der Waals surface area contributed by atoms with E-state index in [-0.39, 0.29) is 0 Å². The van der Waals surface area contributed by atoms with Gasteiger partial charge in [0.1, 0.15) is 0 Å². The minimum absolute atomic E-state index is 0.420. The van der Waals surface area contributed by atoms with Gasteiger partial charge in [-0.1, -0.05) is 6.92 Å². The van der Waals surface area contributed by atoms with Crippen molar-refractivity contribution in [3.63, 3.8) is 0 Å². The van der Waals surface area contributed by atoms with Gasteiger partial charge in [0.15, 0.2) is 0 Å². The fourth-order valence-corrected chi connectivity index (χ4v) is 2.56. The van der Waals surface area contributed by atoms with Crippen LogP contribution in [0.15, 0.2) is 23.8 Å². The van der Waals surface area contributed by atoms with E-state index >= 15 is 0 Å². The van der Waals surface area contributed by atoms with E-state index in [2.05, 4.69) is 52.6 Å². The molecule has 0 amide bonds. The zero-order chi connectivity index (χ0) is 13.0. The fourth-order valence-electron chi connectivity index (χ4n) is 1.96. The SMILES string of the molecule is CCCNC(C)c1ccn(Cc2csc(C)n2)c1. The lowest BCUT2D eigenvalue weighted by Gasteiger charge is -2.11. The van der Waals surface area contributed by atoms with Crippen molar-refractivity contribution in [2.75, 3.05) is 6.54 Å². The summed E-state index contributed by atoms with van der Waals surface area (Å²) in [6.45, 7) is 8.38. The van der Waals surface area contributed by atoms with E-state index in [0.717, 1.165) is 23.8 Å². The van der Waals surface area contributed by atoms with E-state index in [1.54, 1.807) is 11.3 Å². The van der Waals surface area contributed by atoms with Crippen LogP contribution in [0.4, 0.5) is 0 Å². The van der Waals surface area contributed by atoms with Crippen molar-refractivity contribution in [3.05, 3.63) is 40.1 Å². The van der Waals surface area contributed by atoms with Gasteiger partial charge in [-0.3, -0.25) is 0 Å². The minimum Gasteiger partial charge on any atom is -0.348 e. The van der Waals surface area contributed by atoms with Gasteiger partial charge in [0.2, 0.25) is 0 Å². The average molecular weight is 263 g/mol. The third kappa shape index (κ3) is 3.43. The summed E-state index contributed by atoms with van der Waals surface area (Å²) in [4.78, 5) is 4.49. The Morgan fingerprint density at radius 3 is 3.00 bits per heavy atom. The smallest absolute Gasteiger partial charge is 0.0898 e. The molecule has 0 bridgehead atoms. The summed E-state index contributed by atoms with van der Waals surface area (Å²) in [5, 5.41) is 6.77. The number of hydrogen-bond acceptors (Lipinski definition) is 3. The van der Waals surface area contributed by atoms with Gasteiger partial charge in [-0.25, -0.2) is 4.98 Å². The van der Waals surface area contributed by atoms with Crippen molar-refractivity contribution in [1.82, 2.24) is 14.9 Å². The Hall–Kier alpha value is -1.13. The molecule has 0 aliphatic carbocycles. The maximum Gasteiger partial charge on any atom is 0.0898 e. The predicted molar refractivity (Wildman–Crippen MR) is 77.1 cm³/mol. The zero-order valence-electron chi connectivity index (χ0n) is 11.3. The Labute approximate surface area is 113 Å². The van der Waals surface area contributed by atoms with Crippen LogP contribution in [0.5, 0.6) is 0 Å². The van der Waals surface area contributed by atoms with Crippen LogP contribution >= 0.6 is 11.3 Å².